The van der Waals surface area contributed by atoms with E-state index in [9.17, 15) is 19.2 Å². The summed E-state index contributed by atoms with van der Waals surface area (Å²) >= 11 is 0. The maximum absolute atomic E-state index is 14.3. The van der Waals surface area contributed by atoms with E-state index in [-0.39, 0.29) is 42.6 Å². The number of likely N-dealkylation sites (N-methyl/N-ethyl adjacent to an activating group) is 1. The Kier molecular flexibility index (Phi) is 9.30. The summed E-state index contributed by atoms with van der Waals surface area (Å²) in [6, 6.07) is 22.1. The molecule has 0 bridgehead atoms. The fraction of sp³-hybridized carbons (Fsp3) is 0.444. The summed E-state index contributed by atoms with van der Waals surface area (Å²) in [5, 5.41) is 8.02. The molecule has 2 fully saturated rings. The summed E-state index contributed by atoms with van der Waals surface area (Å²) in [6.45, 7) is 10.0. The highest BCUT2D eigenvalue weighted by atomic mass is 16.2. The molecule has 0 spiro atoms. The first kappa shape index (κ1) is 32.2. The van der Waals surface area contributed by atoms with Crippen molar-refractivity contribution in [2.24, 2.45) is 5.41 Å². The number of amides is 4. The van der Waals surface area contributed by atoms with Gasteiger partial charge in [-0.25, -0.2) is 0 Å². The second kappa shape index (κ2) is 13.0. The van der Waals surface area contributed by atoms with Crippen LogP contribution in [-0.2, 0) is 25.6 Å². The van der Waals surface area contributed by atoms with Crippen LogP contribution >= 0.6 is 0 Å². The first-order valence-electron chi connectivity index (χ1n) is 15.8. The van der Waals surface area contributed by atoms with Crippen LogP contribution in [0.2, 0.25) is 0 Å². The molecule has 2 saturated heterocycles. The maximum Gasteiger partial charge on any atom is 0.247 e. The second-order valence-corrected chi connectivity index (χ2v) is 13.5. The summed E-state index contributed by atoms with van der Waals surface area (Å²) < 4.78 is 0. The lowest BCUT2D eigenvalue weighted by Crippen LogP contribution is -2.66. The van der Waals surface area contributed by atoms with Gasteiger partial charge in [-0.15, -0.1) is 0 Å². The third kappa shape index (κ3) is 6.73. The van der Waals surface area contributed by atoms with Crippen LogP contribution in [0.1, 0.15) is 51.7 Å². The normalized spacial score (nSPS) is 20.6. The fourth-order valence-electron chi connectivity index (χ4n) is 6.43. The summed E-state index contributed by atoms with van der Waals surface area (Å²) in [5.74, 6) is -0.942. The molecule has 45 heavy (non-hydrogen) atoms. The predicted octanol–water partition coefficient (Wildman–Crippen LogP) is 3.53. The van der Waals surface area contributed by atoms with Crippen LogP contribution in [0.25, 0.3) is 10.8 Å². The lowest BCUT2D eigenvalue weighted by molar-refractivity contribution is -0.157. The molecule has 5 atom stereocenters. The lowest BCUT2D eigenvalue weighted by atomic mass is 9.85. The number of hydrogen-bond acceptors (Lipinski definition) is 5. The van der Waals surface area contributed by atoms with Gasteiger partial charge in [-0.1, -0.05) is 100 Å². The van der Waals surface area contributed by atoms with Crippen LogP contribution in [0.5, 0.6) is 0 Å². The molecule has 5 rings (SSSR count). The summed E-state index contributed by atoms with van der Waals surface area (Å²) in [5.41, 5.74) is 1.44. The smallest absolute Gasteiger partial charge is 0.247 e. The number of hydrogen-bond donors (Lipinski definition) is 2. The van der Waals surface area contributed by atoms with Gasteiger partial charge in [0.25, 0.3) is 0 Å². The van der Waals surface area contributed by atoms with Crippen molar-refractivity contribution >= 4 is 34.4 Å². The van der Waals surface area contributed by atoms with Crippen molar-refractivity contribution in [3.05, 3.63) is 83.9 Å². The van der Waals surface area contributed by atoms with E-state index in [0.717, 1.165) is 21.9 Å². The Morgan fingerprint density at radius 2 is 1.60 bits per heavy atom. The van der Waals surface area contributed by atoms with Gasteiger partial charge >= 0.3 is 0 Å². The van der Waals surface area contributed by atoms with Gasteiger partial charge < -0.3 is 25.3 Å². The molecule has 0 aliphatic carbocycles. The largest absolute Gasteiger partial charge is 0.342 e. The Morgan fingerprint density at radius 3 is 2.27 bits per heavy atom. The molecule has 4 amide bonds. The standard InChI is InChI=1S/C36H45N5O4/c1-23(26-12-8-7-9-13-26)20-39-21-30-40(35(45)32(36(3,4)5)38-33(43)24(2)37-6)22-31(42)41(30)29(34(39)44)19-25-16-17-27-14-10-11-15-28(27)18-25/h7-18,23-24,29-30,32,37H,19-22H2,1-6H3,(H,38,43)/t23?,24-,29-,30+,32+/m0/s1. The first-order valence-corrected chi connectivity index (χ1v) is 15.8. The van der Waals surface area contributed by atoms with Crippen LogP contribution in [0.15, 0.2) is 72.8 Å². The molecule has 0 aromatic heterocycles. The summed E-state index contributed by atoms with van der Waals surface area (Å²) in [7, 11) is 1.69. The lowest BCUT2D eigenvalue weighted by Gasteiger charge is -2.46. The predicted molar refractivity (Wildman–Crippen MR) is 175 cm³/mol. The number of carbonyl (C=O) groups is 4. The molecule has 1 unspecified atom stereocenters. The van der Waals surface area contributed by atoms with Crippen molar-refractivity contribution in [2.45, 2.75) is 71.2 Å². The molecule has 2 aliphatic rings. The zero-order chi connectivity index (χ0) is 32.5. The Morgan fingerprint density at radius 1 is 0.933 bits per heavy atom. The molecule has 0 saturated carbocycles. The van der Waals surface area contributed by atoms with Crippen LogP contribution < -0.4 is 10.6 Å². The molecule has 2 N–H and O–H groups in total. The molecule has 238 valence electrons. The Hall–Kier alpha value is -4.24. The molecule has 3 aromatic rings. The number of rotatable bonds is 9. The van der Waals surface area contributed by atoms with Gasteiger partial charge in [0.2, 0.25) is 23.6 Å². The topological polar surface area (TPSA) is 102 Å². The van der Waals surface area contributed by atoms with E-state index >= 15 is 0 Å². The van der Waals surface area contributed by atoms with Crippen LogP contribution in [0.3, 0.4) is 0 Å². The molecular formula is C36H45N5O4. The zero-order valence-corrected chi connectivity index (χ0v) is 27.1. The number of nitrogens with one attached hydrogen (secondary N) is 2. The third-order valence-corrected chi connectivity index (χ3v) is 9.21. The fourth-order valence-corrected chi connectivity index (χ4v) is 6.43. The van der Waals surface area contributed by atoms with Crippen LogP contribution in [0, 0.1) is 5.41 Å². The Bertz CT molecular complexity index is 1570. The van der Waals surface area contributed by atoms with Gasteiger partial charge in [0.15, 0.2) is 0 Å². The number of nitrogens with zero attached hydrogens (tertiary/aromatic N) is 3. The van der Waals surface area contributed by atoms with E-state index in [1.165, 1.54) is 0 Å². The van der Waals surface area contributed by atoms with Crippen molar-refractivity contribution in [3.8, 4) is 0 Å². The quantitative estimate of drug-likeness (QED) is 0.386. The number of fused-ring (bicyclic) bond motifs is 2. The van der Waals surface area contributed by atoms with E-state index < -0.39 is 29.7 Å². The van der Waals surface area contributed by atoms with Crippen molar-refractivity contribution in [1.29, 1.82) is 0 Å². The van der Waals surface area contributed by atoms with Gasteiger partial charge in [0.05, 0.1) is 12.6 Å². The van der Waals surface area contributed by atoms with Gasteiger partial charge in [-0.3, -0.25) is 19.2 Å². The minimum absolute atomic E-state index is 0.0499. The number of piperazine rings is 1. The minimum atomic E-state index is -0.859. The molecule has 0 radical (unpaired) electrons. The van der Waals surface area contributed by atoms with Crippen LogP contribution in [-0.4, -0.2) is 89.3 Å². The van der Waals surface area contributed by atoms with E-state index in [4.69, 9.17) is 0 Å². The molecular weight excluding hydrogens is 566 g/mol. The Balaban J connectivity index is 1.48. The van der Waals surface area contributed by atoms with E-state index in [2.05, 4.69) is 35.8 Å². The van der Waals surface area contributed by atoms with Crippen molar-refractivity contribution < 1.29 is 19.2 Å². The van der Waals surface area contributed by atoms with Gasteiger partial charge in [0, 0.05) is 13.0 Å². The molecule has 9 heteroatoms. The highest BCUT2D eigenvalue weighted by molar-refractivity contribution is 5.97. The molecule has 3 aromatic carbocycles. The average Bonchev–Trinajstić information content (AvgIpc) is 3.36. The second-order valence-electron chi connectivity index (χ2n) is 13.5. The summed E-state index contributed by atoms with van der Waals surface area (Å²) in [6.07, 6.45) is -0.303. The van der Waals surface area contributed by atoms with E-state index in [1.807, 2.05) is 80.3 Å². The average molecular weight is 612 g/mol. The summed E-state index contributed by atoms with van der Waals surface area (Å²) in [4.78, 5) is 60.2. The number of carbonyl (C=O) groups excluding carboxylic acids is 4. The molecule has 2 aliphatic heterocycles. The monoisotopic (exact) mass is 611 g/mol. The van der Waals surface area contributed by atoms with Gasteiger partial charge in [-0.2, -0.15) is 0 Å². The highest BCUT2D eigenvalue weighted by Crippen LogP contribution is 2.32. The van der Waals surface area contributed by atoms with Crippen molar-refractivity contribution in [1.82, 2.24) is 25.3 Å². The van der Waals surface area contributed by atoms with Crippen molar-refractivity contribution in [2.75, 3.05) is 26.7 Å². The minimum Gasteiger partial charge on any atom is -0.342 e. The van der Waals surface area contributed by atoms with E-state index in [0.29, 0.717) is 13.0 Å². The van der Waals surface area contributed by atoms with E-state index in [1.54, 1.807) is 23.8 Å². The Labute approximate surface area is 265 Å². The molecule has 2 heterocycles. The van der Waals surface area contributed by atoms with Gasteiger partial charge in [0.1, 0.15) is 24.8 Å². The molecule has 9 nitrogen and oxygen atoms in total. The maximum atomic E-state index is 14.3. The highest BCUT2D eigenvalue weighted by Gasteiger charge is 2.53. The van der Waals surface area contributed by atoms with Crippen LogP contribution in [0.4, 0.5) is 0 Å². The number of benzene rings is 3. The zero-order valence-electron chi connectivity index (χ0n) is 27.1. The van der Waals surface area contributed by atoms with Crippen molar-refractivity contribution in [3.63, 3.8) is 0 Å². The SMILES string of the molecule is CN[C@@H](C)C(=O)N[C@H](C(=O)N1CC(=O)N2[C@@H]1CN(CC(C)c1ccccc1)C(=O)[C@@H]2Cc1ccc2ccccc2c1)C(C)(C)C. The third-order valence-electron chi connectivity index (χ3n) is 9.21. The first-order chi connectivity index (χ1) is 21.4. The van der Waals surface area contributed by atoms with Gasteiger partial charge in [-0.05, 0) is 47.2 Å².